The number of fused-ring (bicyclic) bond motifs is 2. The Bertz CT molecular complexity index is 601. The number of rotatable bonds is 1. The van der Waals surface area contributed by atoms with Gasteiger partial charge in [-0.1, -0.05) is 0 Å². The van der Waals surface area contributed by atoms with Gasteiger partial charge in [0, 0.05) is 19.0 Å². The lowest BCUT2D eigenvalue weighted by atomic mass is 10.1. The molecule has 3 rings (SSSR count). The molecule has 0 aromatic heterocycles. The lowest BCUT2D eigenvalue weighted by Gasteiger charge is -2.19. The van der Waals surface area contributed by atoms with Crippen molar-refractivity contribution >= 4 is 17.5 Å². The molecule has 0 radical (unpaired) electrons. The highest BCUT2D eigenvalue weighted by Gasteiger charge is 2.42. The molecule has 2 aliphatic rings. The van der Waals surface area contributed by atoms with E-state index < -0.39 is 12.1 Å². The molecule has 0 aliphatic carbocycles. The van der Waals surface area contributed by atoms with Gasteiger partial charge in [0.05, 0.1) is 24.5 Å². The zero-order valence-corrected chi connectivity index (χ0v) is 10.8. The number of anilines is 1. The van der Waals surface area contributed by atoms with E-state index in [0.717, 1.165) is 0 Å². The Kier molecular flexibility index (Phi) is 2.79. The second-order valence-electron chi connectivity index (χ2n) is 4.92. The maximum atomic E-state index is 12.5. The highest BCUT2D eigenvalue weighted by molar-refractivity contribution is 6.10. The number of hydrogen-bond acceptors (Lipinski definition) is 5. The summed E-state index contributed by atoms with van der Waals surface area (Å²) in [5, 5.41) is 22.0. The molecule has 0 saturated carbocycles. The van der Waals surface area contributed by atoms with E-state index >= 15 is 0 Å². The van der Waals surface area contributed by atoms with Crippen molar-refractivity contribution in [3.63, 3.8) is 0 Å². The first-order chi connectivity index (χ1) is 9.51. The van der Waals surface area contributed by atoms with Gasteiger partial charge in [0.15, 0.2) is 11.5 Å². The SMILES string of the molecule is COc1cc2c(cc1O)NC(=O)[C@@H]1C[C@@H](O)CN1C2=O. The van der Waals surface area contributed by atoms with Gasteiger partial charge in [-0.25, -0.2) is 0 Å². The van der Waals surface area contributed by atoms with Gasteiger partial charge in [-0.3, -0.25) is 9.59 Å². The van der Waals surface area contributed by atoms with Gasteiger partial charge >= 0.3 is 0 Å². The lowest BCUT2D eigenvalue weighted by Crippen LogP contribution is -2.40. The molecule has 2 atom stereocenters. The van der Waals surface area contributed by atoms with Crippen molar-refractivity contribution in [2.75, 3.05) is 19.0 Å². The van der Waals surface area contributed by atoms with E-state index in [-0.39, 0.29) is 47.5 Å². The summed E-state index contributed by atoms with van der Waals surface area (Å²) in [7, 11) is 1.38. The van der Waals surface area contributed by atoms with E-state index in [9.17, 15) is 19.8 Å². The normalized spacial score (nSPS) is 24.8. The molecule has 0 spiro atoms. The third-order valence-corrected chi connectivity index (χ3v) is 3.65. The fourth-order valence-corrected chi connectivity index (χ4v) is 2.67. The first kappa shape index (κ1) is 12.7. The molecule has 2 heterocycles. The predicted molar refractivity (Wildman–Crippen MR) is 68.7 cm³/mol. The number of phenols is 1. The molecule has 3 N–H and O–H groups in total. The van der Waals surface area contributed by atoms with Crippen molar-refractivity contribution in [2.45, 2.75) is 18.6 Å². The fourth-order valence-electron chi connectivity index (χ4n) is 2.67. The van der Waals surface area contributed by atoms with E-state index in [4.69, 9.17) is 4.74 Å². The Hall–Kier alpha value is -2.28. The number of methoxy groups -OCH3 is 1. The zero-order chi connectivity index (χ0) is 14.4. The summed E-state index contributed by atoms with van der Waals surface area (Å²) in [4.78, 5) is 25.9. The van der Waals surface area contributed by atoms with Crippen molar-refractivity contribution in [2.24, 2.45) is 0 Å². The van der Waals surface area contributed by atoms with Gasteiger partial charge < -0.3 is 25.2 Å². The molecule has 2 aliphatic heterocycles. The monoisotopic (exact) mass is 278 g/mol. The van der Waals surface area contributed by atoms with Crippen LogP contribution in [0.5, 0.6) is 11.5 Å². The number of nitrogens with zero attached hydrogens (tertiary/aromatic N) is 1. The van der Waals surface area contributed by atoms with Gasteiger partial charge in [0.25, 0.3) is 5.91 Å². The highest BCUT2D eigenvalue weighted by Crippen LogP contribution is 2.36. The van der Waals surface area contributed by atoms with Gasteiger partial charge in [-0.15, -0.1) is 0 Å². The summed E-state index contributed by atoms with van der Waals surface area (Å²) >= 11 is 0. The number of ether oxygens (including phenoxy) is 1. The summed E-state index contributed by atoms with van der Waals surface area (Å²) in [6.45, 7) is 0.125. The Morgan fingerprint density at radius 1 is 1.40 bits per heavy atom. The van der Waals surface area contributed by atoms with Crippen LogP contribution in [0.15, 0.2) is 12.1 Å². The molecular weight excluding hydrogens is 264 g/mol. The molecule has 2 amide bonds. The first-order valence-corrected chi connectivity index (χ1v) is 6.22. The topological polar surface area (TPSA) is 99.1 Å². The van der Waals surface area contributed by atoms with E-state index in [0.29, 0.717) is 0 Å². The van der Waals surface area contributed by atoms with Gasteiger partial charge in [-0.2, -0.15) is 0 Å². The van der Waals surface area contributed by atoms with Crippen LogP contribution in [0.25, 0.3) is 0 Å². The molecule has 7 heteroatoms. The summed E-state index contributed by atoms with van der Waals surface area (Å²) < 4.78 is 4.98. The molecule has 1 aromatic rings. The van der Waals surface area contributed by atoms with E-state index in [1.165, 1.54) is 24.1 Å². The number of carbonyl (C=O) groups is 2. The first-order valence-electron chi connectivity index (χ1n) is 6.22. The minimum Gasteiger partial charge on any atom is -0.504 e. The standard InChI is InChI=1S/C13H14N2O5/c1-20-11-3-7-8(4-10(11)17)14-12(18)9-2-6(16)5-15(9)13(7)19/h3-4,6,9,16-17H,2,5H2,1H3,(H,14,18)/t6-,9+/m1/s1. The second-order valence-corrected chi connectivity index (χ2v) is 4.92. The van der Waals surface area contributed by atoms with Crippen molar-refractivity contribution in [1.82, 2.24) is 4.90 Å². The second kappa shape index (κ2) is 4.38. The summed E-state index contributed by atoms with van der Waals surface area (Å²) in [5.41, 5.74) is 0.492. The predicted octanol–water partition coefficient (Wildman–Crippen LogP) is -0.0717. The molecule has 1 fully saturated rings. The number of aliphatic hydroxyl groups excluding tert-OH is 1. The minimum atomic E-state index is -0.699. The van der Waals surface area contributed by atoms with Crippen molar-refractivity contribution in [3.8, 4) is 11.5 Å². The van der Waals surface area contributed by atoms with Crippen LogP contribution in [0.4, 0.5) is 5.69 Å². The van der Waals surface area contributed by atoms with Crippen LogP contribution in [-0.4, -0.2) is 52.7 Å². The molecule has 7 nitrogen and oxygen atoms in total. The van der Waals surface area contributed by atoms with Crippen molar-refractivity contribution < 1.29 is 24.5 Å². The zero-order valence-electron chi connectivity index (χ0n) is 10.8. The Morgan fingerprint density at radius 3 is 2.85 bits per heavy atom. The van der Waals surface area contributed by atoms with Gasteiger partial charge in [-0.05, 0) is 6.07 Å². The van der Waals surface area contributed by atoms with Crippen LogP contribution >= 0.6 is 0 Å². The quantitative estimate of drug-likeness (QED) is 0.667. The average molecular weight is 278 g/mol. The maximum absolute atomic E-state index is 12.5. The number of aromatic hydroxyl groups is 1. The number of amides is 2. The van der Waals surface area contributed by atoms with Crippen molar-refractivity contribution in [1.29, 1.82) is 0 Å². The molecule has 1 saturated heterocycles. The lowest BCUT2D eigenvalue weighted by molar-refractivity contribution is -0.119. The van der Waals surface area contributed by atoms with E-state index in [1.807, 2.05) is 0 Å². The number of aliphatic hydroxyl groups is 1. The Morgan fingerprint density at radius 2 is 2.15 bits per heavy atom. The smallest absolute Gasteiger partial charge is 0.256 e. The molecular formula is C13H14N2O5. The van der Waals surface area contributed by atoms with Gasteiger partial charge in [0.1, 0.15) is 6.04 Å². The van der Waals surface area contributed by atoms with Crippen LogP contribution in [-0.2, 0) is 4.79 Å². The molecule has 106 valence electrons. The van der Waals surface area contributed by atoms with Crippen LogP contribution in [0.2, 0.25) is 0 Å². The van der Waals surface area contributed by atoms with E-state index in [2.05, 4.69) is 5.32 Å². The van der Waals surface area contributed by atoms with E-state index in [1.54, 1.807) is 0 Å². The molecule has 0 unspecified atom stereocenters. The summed E-state index contributed by atoms with van der Waals surface area (Å²) in [6, 6.07) is 2.00. The minimum absolute atomic E-state index is 0.125. The highest BCUT2D eigenvalue weighted by atomic mass is 16.5. The summed E-state index contributed by atoms with van der Waals surface area (Å²) in [6.07, 6.45) is -0.482. The number of hydrogen-bond donors (Lipinski definition) is 3. The van der Waals surface area contributed by atoms with Crippen molar-refractivity contribution in [3.05, 3.63) is 17.7 Å². The Labute approximate surface area is 114 Å². The maximum Gasteiger partial charge on any atom is 0.256 e. The average Bonchev–Trinajstić information content (AvgIpc) is 2.77. The molecule has 20 heavy (non-hydrogen) atoms. The third kappa shape index (κ3) is 1.78. The number of benzene rings is 1. The van der Waals surface area contributed by atoms with Crippen LogP contribution in [0.1, 0.15) is 16.8 Å². The Balaban J connectivity index is 2.10. The molecule has 0 bridgehead atoms. The number of carbonyl (C=O) groups excluding carboxylic acids is 2. The third-order valence-electron chi connectivity index (χ3n) is 3.65. The van der Waals surface area contributed by atoms with Gasteiger partial charge in [0.2, 0.25) is 5.91 Å². The molecule has 1 aromatic carbocycles. The largest absolute Gasteiger partial charge is 0.504 e. The fraction of sp³-hybridized carbons (Fsp3) is 0.385. The van der Waals surface area contributed by atoms with Crippen LogP contribution in [0.3, 0.4) is 0 Å². The number of phenolic OH excluding ortho intramolecular Hbond substituents is 1. The summed E-state index contributed by atoms with van der Waals surface area (Å²) in [5.74, 6) is -0.720. The van der Waals surface area contributed by atoms with Crippen LogP contribution in [0, 0.1) is 0 Å². The van der Waals surface area contributed by atoms with Crippen LogP contribution < -0.4 is 10.1 Å². The number of nitrogens with one attached hydrogen (secondary N) is 1.